The molecule has 0 bridgehead atoms. The molecular formula is C21H21N. The Morgan fingerprint density at radius 2 is 1.27 bits per heavy atom. The van der Waals surface area contributed by atoms with Crippen LogP contribution in [0.25, 0.3) is 0 Å². The van der Waals surface area contributed by atoms with Crippen LogP contribution in [0.5, 0.6) is 0 Å². The van der Waals surface area contributed by atoms with Crippen molar-refractivity contribution >= 4 is 11.4 Å². The predicted molar refractivity (Wildman–Crippen MR) is 95.2 cm³/mol. The van der Waals surface area contributed by atoms with Crippen LogP contribution in [-0.2, 0) is 0 Å². The second kappa shape index (κ2) is 6.07. The van der Waals surface area contributed by atoms with Crippen LogP contribution in [-0.4, -0.2) is 0 Å². The van der Waals surface area contributed by atoms with E-state index in [-0.39, 0.29) is 5.41 Å². The van der Waals surface area contributed by atoms with Crippen molar-refractivity contribution in [3.8, 4) is 0 Å². The zero-order valence-corrected chi connectivity index (χ0v) is 13.1. The van der Waals surface area contributed by atoms with Crippen molar-refractivity contribution in [3.05, 3.63) is 96.7 Å². The molecule has 110 valence electrons. The first-order chi connectivity index (χ1) is 10.7. The Hall–Kier alpha value is -2.54. The van der Waals surface area contributed by atoms with Crippen molar-refractivity contribution in [1.82, 2.24) is 0 Å². The third-order valence-electron chi connectivity index (χ3n) is 3.76. The standard InChI is InChI=1S/C21H21N/c1-21(2)16-9-14-20(15-17-21)22(18-10-5-3-6-11-18)19-12-7-4-8-13-19/h3-17H,1-2H3. The van der Waals surface area contributed by atoms with Crippen LogP contribution in [0.4, 0.5) is 11.4 Å². The second-order valence-electron chi connectivity index (χ2n) is 6.11. The van der Waals surface area contributed by atoms with E-state index in [1.54, 1.807) is 0 Å². The Morgan fingerprint density at radius 1 is 0.727 bits per heavy atom. The highest BCUT2D eigenvalue weighted by molar-refractivity contribution is 5.70. The van der Waals surface area contributed by atoms with Gasteiger partial charge in [0, 0.05) is 22.5 Å². The van der Waals surface area contributed by atoms with Gasteiger partial charge in [0.05, 0.1) is 0 Å². The van der Waals surface area contributed by atoms with Crippen LogP contribution in [0.1, 0.15) is 13.8 Å². The summed E-state index contributed by atoms with van der Waals surface area (Å²) in [6.45, 7) is 4.43. The minimum Gasteiger partial charge on any atom is -0.311 e. The third kappa shape index (κ3) is 3.20. The number of allylic oxidation sites excluding steroid dienone is 5. The number of hydrogen-bond acceptors (Lipinski definition) is 1. The molecule has 0 heterocycles. The van der Waals surface area contributed by atoms with Gasteiger partial charge in [0.25, 0.3) is 0 Å². The van der Waals surface area contributed by atoms with E-state index >= 15 is 0 Å². The van der Waals surface area contributed by atoms with Gasteiger partial charge in [-0.15, -0.1) is 0 Å². The van der Waals surface area contributed by atoms with Crippen molar-refractivity contribution in [2.24, 2.45) is 5.41 Å². The van der Waals surface area contributed by atoms with Gasteiger partial charge in [-0.25, -0.2) is 0 Å². The maximum atomic E-state index is 2.28. The molecule has 1 nitrogen and oxygen atoms in total. The van der Waals surface area contributed by atoms with Crippen LogP contribution in [0.15, 0.2) is 96.7 Å². The summed E-state index contributed by atoms with van der Waals surface area (Å²) in [5.41, 5.74) is 3.58. The summed E-state index contributed by atoms with van der Waals surface area (Å²) in [4.78, 5) is 2.28. The molecule has 0 radical (unpaired) electrons. The van der Waals surface area contributed by atoms with Gasteiger partial charge in [-0.1, -0.05) is 68.5 Å². The molecule has 0 saturated heterocycles. The minimum atomic E-state index is 0.0807. The maximum absolute atomic E-state index is 2.28. The van der Waals surface area contributed by atoms with Crippen molar-refractivity contribution < 1.29 is 0 Å². The van der Waals surface area contributed by atoms with Gasteiger partial charge in [0.1, 0.15) is 0 Å². The summed E-state index contributed by atoms with van der Waals surface area (Å²) >= 11 is 0. The average molecular weight is 287 g/mol. The highest BCUT2D eigenvalue weighted by atomic mass is 15.1. The molecule has 2 aromatic carbocycles. The quantitative estimate of drug-likeness (QED) is 0.683. The molecule has 0 aliphatic heterocycles. The lowest BCUT2D eigenvalue weighted by atomic mass is 9.93. The second-order valence-corrected chi connectivity index (χ2v) is 6.11. The number of anilines is 2. The molecule has 1 heteroatoms. The van der Waals surface area contributed by atoms with Crippen LogP contribution in [0, 0.1) is 5.41 Å². The summed E-state index contributed by atoms with van der Waals surface area (Å²) in [7, 11) is 0. The third-order valence-corrected chi connectivity index (χ3v) is 3.76. The summed E-state index contributed by atoms with van der Waals surface area (Å²) < 4.78 is 0. The number of benzene rings is 2. The van der Waals surface area contributed by atoms with E-state index < -0.39 is 0 Å². The van der Waals surface area contributed by atoms with E-state index in [1.807, 2.05) is 12.1 Å². The average Bonchev–Trinajstić information content (AvgIpc) is 2.71. The molecule has 0 fully saturated rings. The Bertz CT molecular complexity index is 667. The van der Waals surface area contributed by atoms with Gasteiger partial charge < -0.3 is 4.90 Å². The molecule has 2 aromatic rings. The largest absolute Gasteiger partial charge is 0.311 e. The van der Waals surface area contributed by atoms with Crippen LogP contribution < -0.4 is 4.90 Å². The number of rotatable bonds is 3. The highest BCUT2D eigenvalue weighted by Gasteiger charge is 2.16. The first kappa shape index (κ1) is 14.4. The maximum Gasteiger partial charge on any atom is 0.0461 e. The van der Waals surface area contributed by atoms with E-state index in [0.717, 1.165) is 11.4 Å². The smallest absolute Gasteiger partial charge is 0.0461 e. The number of hydrogen-bond donors (Lipinski definition) is 0. The summed E-state index contributed by atoms with van der Waals surface area (Å²) in [5, 5.41) is 0. The molecule has 3 rings (SSSR count). The van der Waals surface area contributed by atoms with Crippen molar-refractivity contribution in [1.29, 1.82) is 0 Å². The zero-order chi connectivity index (χ0) is 15.4. The molecule has 0 aromatic heterocycles. The van der Waals surface area contributed by atoms with E-state index in [2.05, 4.69) is 97.7 Å². The van der Waals surface area contributed by atoms with Gasteiger partial charge in [-0.05, 0) is 36.4 Å². The fraction of sp³-hybridized carbons (Fsp3) is 0.143. The van der Waals surface area contributed by atoms with Gasteiger partial charge in [-0.2, -0.15) is 0 Å². The molecule has 0 atom stereocenters. The summed E-state index contributed by atoms with van der Waals surface area (Å²) in [6, 6.07) is 21.0. The fourth-order valence-corrected chi connectivity index (χ4v) is 2.56. The number of nitrogens with zero attached hydrogens (tertiary/aromatic N) is 1. The van der Waals surface area contributed by atoms with E-state index in [1.165, 1.54) is 5.70 Å². The Kier molecular flexibility index (Phi) is 3.97. The topological polar surface area (TPSA) is 3.24 Å². The van der Waals surface area contributed by atoms with E-state index in [4.69, 9.17) is 0 Å². The minimum absolute atomic E-state index is 0.0807. The van der Waals surface area contributed by atoms with Gasteiger partial charge in [0.2, 0.25) is 0 Å². The molecule has 0 saturated carbocycles. The number of para-hydroxylation sites is 2. The Balaban J connectivity index is 2.08. The van der Waals surface area contributed by atoms with Gasteiger partial charge in [-0.3, -0.25) is 0 Å². The van der Waals surface area contributed by atoms with Crippen LogP contribution in [0.2, 0.25) is 0 Å². The summed E-state index contributed by atoms with van der Waals surface area (Å²) in [5.74, 6) is 0. The molecule has 1 aliphatic carbocycles. The van der Waals surface area contributed by atoms with Crippen LogP contribution >= 0.6 is 0 Å². The summed E-state index contributed by atoms with van der Waals surface area (Å²) in [6.07, 6.45) is 11.0. The molecule has 0 unspecified atom stereocenters. The molecule has 22 heavy (non-hydrogen) atoms. The molecule has 0 N–H and O–H groups in total. The zero-order valence-electron chi connectivity index (χ0n) is 13.1. The monoisotopic (exact) mass is 287 g/mol. The van der Waals surface area contributed by atoms with Crippen molar-refractivity contribution in [2.75, 3.05) is 4.90 Å². The van der Waals surface area contributed by atoms with E-state index in [0.29, 0.717) is 0 Å². The fourth-order valence-electron chi connectivity index (χ4n) is 2.56. The first-order valence-corrected chi connectivity index (χ1v) is 7.65. The highest BCUT2D eigenvalue weighted by Crippen LogP contribution is 2.32. The first-order valence-electron chi connectivity index (χ1n) is 7.65. The molecule has 0 amide bonds. The van der Waals surface area contributed by atoms with E-state index in [9.17, 15) is 0 Å². The molecule has 0 spiro atoms. The SMILES string of the molecule is CC1(C)C=CC=C(N(c2ccccc2)c2ccccc2)C=C1. The molecule has 1 aliphatic rings. The predicted octanol–water partition coefficient (Wildman–Crippen LogP) is 5.86. The lowest BCUT2D eigenvalue weighted by Gasteiger charge is -2.26. The Morgan fingerprint density at radius 3 is 1.82 bits per heavy atom. The molecular weight excluding hydrogens is 266 g/mol. The van der Waals surface area contributed by atoms with Crippen molar-refractivity contribution in [3.63, 3.8) is 0 Å². The van der Waals surface area contributed by atoms with Gasteiger partial charge >= 0.3 is 0 Å². The normalized spacial score (nSPS) is 16.0. The lowest BCUT2D eigenvalue weighted by Crippen LogP contribution is -2.15. The van der Waals surface area contributed by atoms with Gasteiger partial charge in [0.15, 0.2) is 0 Å². The Labute approximate surface area is 132 Å². The van der Waals surface area contributed by atoms with Crippen LogP contribution in [0.3, 0.4) is 0 Å². The van der Waals surface area contributed by atoms with Crippen molar-refractivity contribution in [2.45, 2.75) is 13.8 Å². The lowest BCUT2D eigenvalue weighted by molar-refractivity contribution is 0.627.